The second-order valence-corrected chi connectivity index (χ2v) is 3.65. The van der Waals surface area contributed by atoms with Crippen LogP contribution in [0.3, 0.4) is 0 Å². The first-order valence-corrected chi connectivity index (χ1v) is 5.06. The van der Waals surface area contributed by atoms with E-state index in [1.165, 1.54) is 12.1 Å². The summed E-state index contributed by atoms with van der Waals surface area (Å²) in [5.41, 5.74) is 5.67. The molecule has 84 valence electrons. The summed E-state index contributed by atoms with van der Waals surface area (Å²) < 4.78 is 12.8. The summed E-state index contributed by atoms with van der Waals surface area (Å²) in [4.78, 5) is 0. The Balaban J connectivity index is 2.81. The largest absolute Gasteiger partial charge is 0.396 e. The van der Waals surface area contributed by atoms with E-state index in [2.05, 4.69) is 0 Å². The number of hydrogen-bond acceptors (Lipinski definition) is 3. The summed E-state index contributed by atoms with van der Waals surface area (Å²) in [7, 11) is 0. The molecule has 0 heterocycles. The topological polar surface area (TPSA) is 66.5 Å². The van der Waals surface area contributed by atoms with E-state index in [1.807, 2.05) is 0 Å². The maximum Gasteiger partial charge on any atom is 0.146 e. The third-order valence-electron chi connectivity index (χ3n) is 2.13. The Morgan fingerprint density at radius 2 is 2.07 bits per heavy atom. The molecule has 0 radical (unpaired) electrons. The molecule has 1 rings (SSSR count). The van der Waals surface area contributed by atoms with Crippen LogP contribution in [0.15, 0.2) is 18.2 Å². The molecule has 0 aliphatic heterocycles. The smallest absolute Gasteiger partial charge is 0.146 e. The molecular formula is C10H13ClFNO2. The van der Waals surface area contributed by atoms with E-state index in [1.54, 1.807) is 0 Å². The number of benzene rings is 1. The molecule has 1 aromatic rings. The minimum atomic E-state index is -1.09. The van der Waals surface area contributed by atoms with E-state index in [0.29, 0.717) is 5.56 Å². The summed E-state index contributed by atoms with van der Waals surface area (Å²) in [6.45, 7) is 0. The van der Waals surface area contributed by atoms with Gasteiger partial charge in [0.05, 0.1) is 11.8 Å². The first-order valence-electron chi connectivity index (χ1n) is 4.53. The Labute approximate surface area is 92.3 Å². The maximum atomic E-state index is 12.8. The number of nitrogen functional groups attached to an aromatic ring is 1. The maximum absolute atomic E-state index is 12.8. The molecule has 0 fully saturated rings. The molecule has 0 bridgehead atoms. The molecule has 0 aliphatic rings. The van der Waals surface area contributed by atoms with Gasteiger partial charge in [0, 0.05) is 5.88 Å². The average Bonchev–Trinajstić information content (AvgIpc) is 2.21. The fourth-order valence-electron chi connectivity index (χ4n) is 1.24. The van der Waals surface area contributed by atoms with Crippen molar-refractivity contribution in [3.05, 3.63) is 29.6 Å². The lowest BCUT2D eigenvalue weighted by molar-refractivity contribution is 0.0170. The van der Waals surface area contributed by atoms with Crippen LogP contribution in [0.25, 0.3) is 0 Å². The Kier molecular flexibility index (Phi) is 4.32. The molecule has 3 nitrogen and oxygen atoms in total. The molecule has 0 aliphatic carbocycles. The van der Waals surface area contributed by atoms with Gasteiger partial charge in [0.15, 0.2) is 0 Å². The van der Waals surface area contributed by atoms with Gasteiger partial charge in [-0.15, -0.1) is 11.6 Å². The van der Waals surface area contributed by atoms with Gasteiger partial charge in [0.2, 0.25) is 0 Å². The number of anilines is 1. The first-order chi connectivity index (χ1) is 7.06. The van der Waals surface area contributed by atoms with Crippen LogP contribution < -0.4 is 5.73 Å². The highest BCUT2D eigenvalue weighted by Gasteiger charge is 2.18. The first kappa shape index (κ1) is 12.2. The van der Waals surface area contributed by atoms with E-state index in [9.17, 15) is 14.6 Å². The molecule has 0 spiro atoms. The van der Waals surface area contributed by atoms with E-state index in [4.69, 9.17) is 17.3 Å². The van der Waals surface area contributed by atoms with Crippen LogP contribution >= 0.6 is 11.6 Å². The summed E-state index contributed by atoms with van der Waals surface area (Å²) in [5.74, 6) is -0.299. The van der Waals surface area contributed by atoms with Crippen LogP contribution in [0.4, 0.5) is 10.1 Å². The highest BCUT2D eigenvalue weighted by atomic mass is 35.5. The predicted octanol–water partition coefficient (Wildman–Crippen LogP) is 1.43. The minimum absolute atomic E-state index is 0.0513. The van der Waals surface area contributed by atoms with Crippen LogP contribution in [-0.2, 0) is 0 Å². The van der Waals surface area contributed by atoms with E-state index in [0.717, 1.165) is 6.07 Å². The van der Waals surface area contributed by atoms with Gasteiger partial charge in [0.1, 0.15) is 11.9 Å². The highest BCUT2D eigenvalue weighted by molar-refractivity contribution is 6.17. The Morgan fingerprint density at radius 1 is 1.40 bits per heavy atom. The van der Waals surface area contributed by atoms with Crippen molar-refractivity contribution in [1.82, 2.24) is 0 Å². The summed E-state index contributed by atoms with van der Waals surface area (Å²) >= 11 is 5.43. The molecule has 0 saturated carbocycles. The van der Waals surface area contributed by atoms with Crippen LogP contribution in [-0.4, -0.2) is 22.2 Å². The number of rotatable bonds is 4. The number of alkyl halides is 1. The van der Waals surface area contributed by atoms with Crippen molar-refractivity contribution in [3.63, 3.8) is 0 Å². The van der Waals surface area contributed by atoms with Gasteiger partial charge in [-0.25, -0.2) is 4.39 Å². The number of halogens is 2. The van der Waals surface area contributed by atoms with E-state index >= 15 is 0 Å². The molecule has 0 aromatic heterocycles. The third kappa shape index (κ3) is 3.06. The van der Waals surface area contributed by atoms with Crippen LogP contribution in [0.2, 0.25) is 0 Å². The molecule has 0 saturated heterocycles. The van der Waals surface area contributed by atoms with Gasteiger partial charge in [0.25, 0.3) is 0 Å². The van der Waals surface area contributed by atoms with Crippen LogP contribution in [0.1, 0.15) is 18.1 Å². The SMILES string of the molecule is Nc1cc(C(O)C(O)CCCl)ccc1F. The Hall–Kier alpha value is -0.840. The number of nitrogens with two attached hydrogens (primary N) is 1. The van der Waals surface area contributed by atoms with Gasteiger partial charge >= 0.3 is 0 Å². The standard InChI is InChI=1S/C10H13ClFNO2/c11-4-3-9(14)10(15)6-1-2-7(12)8(13)5-6/h1-2,5,9-10,14-15H,3-4,13H2. The lowest BCUT2D eigenvalue weighted by atomic mass is 10.0. The van der Waals surface area contributed by atoms with Crippen molar-refractivity contribution >= 4 is 17.3 Å². The van der Waals surface area contributed by atoms with E-state index in [-0.39, 0.29) is 18.0 Å². The second-order valence-electron chi connectivity index (χ2n) is 3.27. The van der Waals surface area contributed by atoms with Gasteiger partial charge < -0.3 is 15.9 Å². The van der Waals surface area contributed by atoms with Crippen molar-refractivity contribution in [2.75, 3.05) is 11.6 Å². The molecule has 0 amide bonds. The summed E-state index contributed by atoms with van der Waals surface area (Å²) in [6.07, 6.45) is -1.79. The zero-order valence-electron chi connectivity index (χ0n) is 8.03. The number of hydrogen-bond donors (Lipinski definition) is 3. The monoisotopic (exact) mass is 233 g/mol. The molecule has 2 atom stereocenters. The Bertz CT molecular complexity index is 335. The van der Waals surface area contributed by atoms with Gasteiger partial charge in [-0.05, 0) is 24.1 Å². The molecule has 1 aromatic carbocycles. The molecule has 15 heavy (non-hydrogen) atoms. The normalized spacial score (nSPS) is 14.9. The average molecular weight is 234 g/mol. The second kappa shape index (κ2) is 5.30. The number of aliphatic hydroxyl groups excluding tert-OH is 2. The third-order valence-corrected chi connectivity index (χ3v) is 2.35. The predicted molar refractivity (Wildman–Crippen MR) is 57.1 cm³/mol. The lowest BCUT2D eigenvalue weighted by Gasteiger charge is -2.17. The summed E-state index contributed by atoms with van der Waals surface area (Å²) in [5, 5.41) is 19.1. The van der Waals surface area contributed by atoms with Crippen molar-refractivity contribution in [2.24, 2.45) is 0 Å². The lowest BCUT2D eigenvalue weighted by Crippen LogP contribution is -2.18. The zero-order chi connectivity index (χ0) is 11.4. The van der Waals surface area contributed by atoms with Gasteiger partial charge in [-0.3, -0.25) is 0 Å². The fraction of sp³-hybridized carbons (Fsp3) is 0.400. The molecule has 4 N–H and O–H groups in total. The Morgan fingerprint density at radius 3 is 2.60 bits per heavy atom. The van der Waals surface area contributed by atoms with E-state index < -0.39 is 18.0 Å². The van der Waals surface area contributed by atoms with Crippen LogP contribution in [0.5, 0.6) is 0 Å². The number of aliphatic hydroxyl groups is 2. The zero-order valence-corrected chi connectivity index (χ0v) is 8.78. The minimum Gasteiger partial charge on any atom is -0.396 e. The molecular weight excluding hydrogens is 221 g/mol. The van der Waals surface area contributed by atoms with Gasteiger partial charge in [-0.2, -0.15) is 0 Å². The highest BCUT2D eigenvalue weighted by Crippen LogP contribution is 2.22. The molecule has 2 unspecified atom stereocenters. The van der Waals surface area contributed by atoms with Gasteiger partial charge in [-0.1, -0.05) is 6.07 Å². The van der Waals surface area contributed by atoms with Crippen LogP contribution in [0, 0.1) is 5.82 Å². The fourth-order valence-corrected chi connectivity index (χ4v) is 1.46. The molecule has 5 heteroatoms. The summed E-state index contributed by atoms with van der Waals surface area (Å²) in [6, 6.07) is 3.84. The van der Waals surface area contributed by atoms with Crippen molar-refractivity contribution in [3.8, 4) is 0 Å². The quantitative estimate of drug-likeness (QED) is 0.545. The van der Waals surface area contributed by atoms with Crippen molar-refractivity contribution in [2.45, 2.75) is 18.6 Å². The van der Waals surface area contributed by atoms with Crippen molar-refractivity contribution in [1.29, 1.82) is 0 Å². The van der Waals surface area contributed by atoms with Crippen molar-refractivity contribution < 1.29 is 14.6 Å².